The third kappa shape index (κ3) is 5.06. The molecule has 1 amide bonds. The maximum Gasteiger partial charge on any atom is 0.280 e. The molecule has 0 spiro atoms. The first-order chi connectivity index (χ1) is 12.2. The first-order valence-electron chi connectivity index (χ1n) is 8.95. The first-order valence-corrected chi connectivity index (χ1v) is 8.95. The Morgan fingerprint density at radius 1 is 1.20 bits per heavy atom. The van der Waals surface area contributed by atoms with Crippen molar-refractivity contribution in [1.29, 1.82) is 0 Å². The van der Waals surface area contributed by atoms with Gasteiger partial charge in [-0.25, -0.2) is 0 Å². The fraction of sp³-hybridized carbons (Fsp3) is 0.474. The second-order valence-corrected chi connectivity index (χ2v) is 6.51. The number of rotatable bonds is 7. The van der Waals surface area contributed by atoms with Crippen molar-refractivity contribution >= 4 is 5.91 Å². The van der Waals surface area contributed by atoms with Crippen LogP contribution < -0.4 is 10.9 Å². The minimum absolute atomic E-state index is 0.0261. The Hall–Kier alpha value is -2.34. The highest BCUT2D eigenvalue weighted by Gasteiger charge is 2.22. The number of benzene rings is 1. The molecule has 0 radical (unpaired) electrons. The number of H-pyrrole nitrogens is 1. The van der Waals surface area contributed by atoms with Gasteiger partial charge in [0.2, 0.25) is 5.91 Å². The van der Waals surface area contributed by atoms with Crippen molar-refractivity contribution in [3.8, 4) is 0 Å². The first kappa shape index (κ1) is 17.5. The Morgan fingerprint density at radius 3 is 2.64 bits per heavy atom. The maximum atomic E-state index is 12.2. The number of likely N-dealkylation sites (tertiary alicyclic amines) is 1. The van der Waals surface area contributed by atoms with Crippen LogP contribution >= 0.6 is 0 Å². The van der Waals surface area contributed by atoms with E-state index in [4.69, 9.17) is 4.52 Å². The second-order valence-electron chi connectivity index (χ2n) is 6.51. The molecule has 1 fully saturated rings. The Bertz CT molecular complexity index is 717. The number of hydrogen-bond donors (Lipinski definition) is 2. The van der Waals surface area contributed by atoms with Gasteiger partial charge in [-0.15, -0.1) is 0 Å². The molecule has 2 heterocycles. The summed E-state index contributed by atoms with van der Waals surface area (Å²) in [6.07, 6.45) is 4.44. The highest BCUT2D eigenvalue weighted by molar-refractivity contribution is 5.76. The maximum absolute atomic E-state index is 12.2. The van der Waals surface area contributed by atoms with Crippen LogP contribution in [0.5, 0.6) is 0 Å². The molecule has 1 atom stereocenters. The van der Waals surface area contributed by atoms with Crippen LogP contribution in [0.2, 0.25) is 0 Å². The van der Waals surface area contributed by atoms with E-state index in [1.807, 2.05) is 18.2 Å². The Kier molecular flexibility index (Phi) is 6.06. The van der Waals surface area contributed by atoms with Crippen LogP contribution in [0.1, 0.15) is 43.0 Å². The SMILES string of the molecule is O=C(CCc1cc(=O)[nH]o1)NC[C@@H](c1ccccc1)N1CCCCC1. The number of carbonyl (C=O) groups is 1. The Balaban J connectivity index is 1.56. The van der Waals surface area contributed by atoms with Crippen LogP contribution in [0.3, 0.4) is 0 Å². The number of aryl methyl sites for hydroxylation is 1. The molecule has 0 bridgehead atoms. The molecule has 2 N–H and O–H groups in total. The third-order valence-electron chi connectivity index (χ3n) is 4.68. The molecule has 134 valence electrons. The van der Waals surface area contributed by atoms with E-state index < -0.39 is 0 Å². The van der Waals surface area contributed by atoms with Crippen molar-refractivity contribution < 1.29 is 9.32 Å². The minimum Gasteiger partial charge on any atom is -0.384 e. The van der Waals surface area contributed by atoms with E-state index in [-0.39, 0.29) is 17.5 Å². The van der Waals surface area contributed by atoms with Gasteiger partial charge in [-0.3, -0.25) is 14.5 Å². The van der Waals surface area contributed by atoms with Gasteiger partial charge in [0.15, 0.2) is 0 Å². The molecule has 1 aliphatic rings. The van der Waals surface area contributed by atoms with Crippen LogP contribution in [0.15, 0.2) is 45.7 Å². The molecule has 1 aromatic carbocycles. The molecule has 1 aromatic heterocycles. The van der Waals surface area contributed by atoms with Gasteiger partial charge >= 0.3 is 0 Å². The molecule has 3 rings (SSSR count). The van der Waals surface area contributed by atoms with E-state index >= 15 is 0 Å². The smallest absolute Gasteiger partial charge is 0.280 e. The number of amides is 1. The molecular weight excluding hydrogens is 318 g/mol. The quantitative estimate of drug-likeness (QED) is 0.808. The molecule has 2 aromatic rings. The highest BCUT2D eigenvalue weighted by Crippen LogP contribution is 2.24. The van der Waals surface area contributed by atoms with E-state index in [9.17, 15) is 9.59 Å². The van der Waals surface area contributed by atoms with E-state index in [0.29, 0.717) is 25.1 Å². The number of hydrogen-bond acceptors (Lipinski definition) is 4. The summed E-state index contributed by atoms with van der Waals surface area (Å²) in [7, 11) is 0. The van der Waals surface area contributed by atoms with Crippen molar-refractivity contribution in [3.63, 3.8) is 0 Å². The molecule has 25 heavy (non-hydrogen) atoms. The van der Waals surface area contributed by atoms with Crippen molar-refractivity contribution in [3.05, 3.63) is 58.1 Å². The topological polar surface area (TPSA) is 78.3 Å². The lowest BCUT2D eigenvalue weighted by Crippen LogP contribution is -2.40. The molecule has 6 nitrogen and oxygen atoms in total. The van der Waals surface area contributed by atoms with Gasteiger partial charge in [0.25, 0.3) is 5.56 Å². The zero-order valence-corrected chi connectivity index (χ0v) is 14.4. The van der Waals surface area contributed by atoms with E-state index in [1.165, 1.54) is 30.9 Å². The Labute approximate surface area is 147 Å². The molecule has 6 heteroatoms. The Morgan fingerprint density at radius 2 is 1.96 bits per heavy atom. The van der Waals surface area contributed by atoms with Crippen LogP contribution in [0, 0.1) is 0 Å². The highest BCUT2D eigenvalue weighted by atomic mass is 16.5. The predicted molar refractivity (Wildman–Crippen MR) is 95.3 cm³/mol. The van der Waals surface area contributed by atoms with Gasteiger partial charge in [-0.05, 0) is 31.5 Å². The molecule has 0 unspecified atom stereocenters. The van der Waals surface area contributed by atoms with Crippen molar-refractivity contribution in [2.45, 2.75) is 38.1 Å². The number of nitrogens with zero attached hydrogens (tertiary/aromatic N) is 1. The van der Waals surface area contributed by atoms with Gasteiger partial charge in [-0.2, -0.15) is 5.16 Å². The fourth-order valence-corrected chi connectivity index (χ4v) is 3.34. The molecule has 0 aliphatic carbocycles. The summed E-state index contributed by atoms with van der Waals surface area (Å²) < 4.78 is 4.98. The average molecular weight is 343 g/mol. The largest absolute Gasteiger partial charge is 0.384 e. The molecular formula is C19H25N3O3. The van der Waals surface area contributed by atoms with E-state index in [1.54, 1.807) is 0 Å². The summed E-state index contributed by atoms with van der Waals surface area (Å²) in [5.41, 5.74) is 0.964. The lowest BCUT2D eigenvalue weighted by molar-refractivity contribution is -0.121. The molecule has 0 saturated carbocycles. The van der Waals surface area contributed by atoms with Crippen molar-refractivity contribution in [2.75, 3.05) is 19.6 Å². The predicted octanol–water partition coefficient (Wildman–Crippen LogP) is 2.24. The summed E-state index contributed by atoms with van der Waals surface area (Å²) in [6, 6.07) is 11.9. The summed E-state index contributed by atoms with van der Waals surface area (Å²) in [6.45, 7) is 2.74. The summed E-state index contributed by atoms with van der Waals surface area (Å²) in [4.78, 5) is 25.7. The number of carbonyl (C=O) groups excluding carboxylic acids is 1. The van der Waals surface area contributed by atoms with Gasteiger partial charge in [0, 0.05) is 25.5 Å². The van der Waals surface area contributed by atoms with Crippen LogP contribution in [0.25, 0.3) is 0 Å². The summed E-state index contributed by atoms with van der Waals surface area (Å²) >= 11 is 0. The van der Waals surface area contributed by atoms with Crippen LogP contribution in [0.4, 0.5) is 0 Å². The third-order valence-corrected chi connectivity index (χ3v) is 4.68. The summed E-state index contributed by atoms with van der Waals surface area (Å²) in [5, 5.41) is 5.28. The minimum atomic E-state index is -0.273. The fourth-order valence-electron chi connectivity index (χ4n) is 3.34. The van der Waals surface area contributed by atoms with Gasteiger partial charge < -0.3 is 9.84 Å². The monoisotopic (exact) mass is 343 g/mol. The van der Waals surface area contributed by atoms with Gasteiger partial charge in [-0.1, -0.05) is 36.8 Å². The van der Waals surface area contributed by atoms with Crippen LogP contribution in [-0.4, -0.2) is 35.6 Å². The van der Waals surface area contributed by atoms with Gasteiger partial charge in [0.05, 0.1) is 6.04 Å². The second kappa shape index (κ2) is 8.67. The van der Waals surface area contributed by atoms with Crippen molar-refractivity contribution in [1.82, 2.24) is 15.4 Å². The number of nitrogens with one attached hydrogen (secondary N) is 2. The summed E-state index contributed by atoms with van der Waals surface area (Å²) in [5.74, 6) is 0.484. The lowest BCUT2D eigenvalue weighted by Gasteiger charge is -2.35. The lowest BCUT2D eigenvalue weighted by atomic mass is 10.0. The van der Waals surface area contributed by atoms with Gasteiger partial charge in [0.1, 0.15) is 5.76 Å². The molecule has 1 aliphatic heterocycles. The zero-order valence-electron chi connectivity index (χ0n) is 14.4. The van der Waals surface area contributed by atoms with Crippen molar-refractivity contribution in [2.24, 2.45) is 0 Å². The molecule has 1 saturated heterocycles. The number of piperidine rings is 1. The normalized spacial score (nSPS) is 16.5. The van der Waals surface area contributed by atoms with E-state index in [2.05, 4.69) is 27.5 Å². The van der Waals surface area contributed by atoms with E-state index in [0.717, 1.165) is 13.1 Å². The average Bonchev–Trinajstić information content (AvgIpc) is 3.07. The zero-order chi connectivity index (χ0) is 17.5. The standard InChI is InChI=1S/C19H25N3O3/c23-18(10-9-16-13-19(24)21-25-16)20-14-17(15-7-3-1-4-8-15)22-11-5-2-6-12-22/h1,3-4,7-8,13,17H,2,5-6,9-12,14H2,(H,20,23)(H,21,24)/t17-/m0/s1. The van der Waals surface area contributed by atoms with Crippen LogP contribution in [-0.2, 0) is 11.2 Å². The number of aromatic amines is 1. The number of aromatic nitrogens is 1.